The lowest BCUT2D eigenvalue weighted by molar-refractivity contribution is -0.147. The van der Waals surface area contributed by atoms with Gasteiger partial charge in [0.25, 0.3) is 11.8 Å². The number of benzene rings is 1. The minimum Gasteiger partial charge on any atom is -0.467 e. The number of carbonyl (C=O) groups is 4. The molecule has 1 aromatic heterocycles. The lowest BCUT2D eigenvalue weighted by atomic mass is 10.1. The van der Waals surface area contributed by atoms with E-state index in [2.05, 4.69) is 0 Å². The van der Waals surface area contributed by atoms with Crippen molar-refractivity contribution in [2.24, 2.45) is 0 Å². The summed E-state index contributed by atoms with van der Waals surface area (Å²) in [5.41, 5.74) is 0.405. The van der Waals surface area contributed by atoms with Gasteiger partial charge in [0.05, 0.1) is 29.5 Å². The molecular weight excluding hydrogens is 354 g/mol. The zero-order valence-electron chi connectivity index (χ0n) is 14.3. The highest BCUT2D eigenvalue weighted by Gasteiger charge is 2.38. The van der Waals surface area contributed by atoms with Gasteiger partial charge in [-0.1, -0.05) is 0 Å². The molecule has 27 heavy (non-hydrogen) atoms. The Kier molecular flexibility index (Phi) is 4.02. The molecule has 0 radical (unpaired) electrons. The van der Waals surface area contributed by atoms with Crippen LogP contribution in [0.15, 0.2) is 41.0 Å². The molecule has 138 valence electrons. The molecule has 2 aromatic rings. The summed E-state index contributed by atoms with van der Waals surface area (Å²) in [4.78, 5) is 50.0. The normalized spacial score (nSPS) is 21.4. The molecule has 2 aliphatic heterocycles. The van der Waals surface area contributed by atoms with E-state index in [0.29, 0.717) is 5.76 Å². The van der Waals surface area contributed by atoms with Gasteiger partial charge in [0.1, 0.15) is 11.9 Å². The van der Waals surface area contributed by atoms with Crippen molar-refractivity contribution in [2.45, 2.75) is 32.1 Å². The first-order chi connectivity index (χ1) is 12.9. The van der Waals surface area contributed by atoms with Gasteiger partial charge in [0, 0.05) is 6.42 Å². The maximum atomic E-state index is 12.6. The van der Waals surface area contributed by atoms with Gasteiger partial charge in [-0.25, -0.2) is 9.59 Å². The third-order valence-corrected chi connectivity index (χ3v) is 4.48. The fourth-order valence-corrected chi connectivity index (χ4v) is 3.13. The topological polar surface area (TPSA) is 103 Å². The summed E-state index contributed by atoms with van der Waals surface area (Å²) < 4.78 is 15.3. The van der Waals surface area contributed by atoms with Gasteiger partial charge in [-0.15, -0.1) is 0 Å². The highest BCUT2D eigenvalue weighted by molar-refractivity contribution is 6.21. The van der Waals surface area contributed by atoms with E-state index in [1.807, 2.05) is 0 Å². The molecule has 1 fully saturated rings. The standard InChI is InChI=1S/C19H15NO7/c1-10-7-15(19(24)26-10)27-18(23)11-4-5-13-14(8-11)17(22)20(16(13)21)9-12-3-2-6-25-12/h2-6,8,10,15H,7,9H2,1H3/t10-,15+/m1/s1. The first-order valence-electron chi connectivity index (χ1n) is 8.38. The third-order valence-electron chi connectivity index (χ3n) is 4.48. The number of hydrogen-bond acceptors (Lipinski definition) is 7. The van der Waals surface area contributed by atoms with Crippen molar-refractivity contribution >= 4 is 23.8 Å². The summed E-state index contributed by atoms with van der Waals surface area (Å²) >= 11 is 0. The third kappa shape index (κ3) is 2.99. The number of fused-ring (bicyclic) bond motifs is 1. The van der Waals surface area contributed by atoms with Crippen molar-refractivity contribution in [1.82, 2.24) is 4.90 Å². The van der Waals surface area contributed by atoms with E-state index in [4.69, 9.17) is 13.9 Å². The number of carbonyl (C=O) groups excluding carboxylic acids is 4. The second-order valence-electron chi connectivity index (χ2n) is 6.41. The Bertz CT molecular complexity index is 947. The number of rotatable bonds is 4. The molecule has 0 N–H and O–H groups in total. The lowest BCUT2D eigenvalue weighted by Gasteiger charge is -2.11. The molecular formula is C19H15NO7. The minimum atomic E-state index is -0.964. The van der Waals surface area contributed by atoms with Crippen LogP contribution in [-0.2, 0) is 20.8 Å². The van der Waals surface area contributed by atoms with Crippen LogP contribution in [0.3, 0.4) is 0 Å². The summed E-state index contributed by atoms with van der Waals surface area (Å²) in [6, 6.07) is 7.44. The van der Waals surface area contributed by atoms with E-state index in [1.54, 1.807) is 19.1 Å². The summed E-state index contributed by atoms with van der Waals surface area (Å²) in [5.74, 6) is -1.85. The summed E-state index contributed by atoms with van der Waals surface area (Å²) in [5, 5.41) is 0. The number of nitrogens with zero attached hydrogens (tertiary/aromatic N) is 1. The SMILES string of the molecule is C[C@@H]1C[C@H](OC(=O)c2ccc3c(c2)C(=O)N(Cc2ccco2)C3=O)C(=O)O1. The van der Waals surface area contributed by atoms with E-state index in [-0.39, 0.29) is 35.8 Å². The van der Waals surface area contributed by atoms with Crippen LogP contribution in [0.4, 0.5) is 0 Å². The fraction of sp³-hybridized carbons (Fsp3) is 0.263. The molecule has 8 nitrogen and oxygen atoms in total. The maximum Gasteiger partial charge on any atom is 0.347 e. The predicted octanol–water partition coefficient (Wildman–Crippen LogP) is 1.94. The first kappa shape index (κ1) is 17.0. The average molecular weight is 369 g/mol. The lowest BCUT2D eigenvalue weighted by Crippen LogP contribution is -2.28. The fourth-order valence-electron chi connectivity index (χ4n) is 3.13. The van der Waals surface area contributed by atoms with Crippen molar-refractivity contribution < 1.29 is 33.1 Å². The van der Waals surface area contributed by atoms with Crippen molar-refractivity contribution in [1.29, 1.82) is 0 Å². The molecule has 4 rings (SSSR count). The Morgan fingerprint density at radius 2 is 1.96 bits per heavy atom. The van der Waals surface area contributed by atoms with Crippen LogP contribution in [0, 0.1) is 0 Å². The first-order valence-corrected chi connectivity index (χ1v) is 8.38. The highest BCUT2D eigenvalue weighted by Crippen LogP contribution is 2.27. The van der Waals surface area contributed by atoms with Crippen molar-refractivity contribution in [3.05, 3.63) is 59.0 Å². The van der Waals surface area contributed by atoms with E-state index in [1.165, 1.54) is 24.5 Å². The van der Waals surface area contributed by atoms with Crippen molar-refractivity contribution in [2.75, 3.05) is 0 Å². The largest absolute Gasteiger partial charge is 0.467 e. The predicted molar refractivity (Wildman–Crippen MR) is 88.7 cm³/mol. The molecule has 1 aromatic carbocycles. The number of cyclic esters (lactones) is 1. The van der Waals surface area contributed by atoms with Gasteiger partial charge in [-0.05, 0) is 37.3 Å². The second-order valence-corrected chi connectivity index (χ2v) is 6.41. The monoisotopic (exact) mass is 369 g/mol. The molecule has 2 aliphatic rings. The zero-order chi connectivity index (χ0) is 19.1. The van der Waals surface area contributed by atoms with Gasteiger partial charge >= 0.3 is 11.9 Å². The Balaban J connectivity index is 1.54. The van der Waals surface area contributed by atoms with E-state index >= 15 is 0 Å². The van der Waals surface area contributed by atoms with Crippen LogP contribution in [0.2, 0.25) is 0 Å². The van der Waals surface area contributed by atoms with Crippen LogP contribution in [0.25, 0.3) is 0 Å². The number of amides is 2. The number of esters is 2. The molecule has 2 atom stereocenters. The smallest absolute Gasteiger partial charge is 0.347 e. The average Bonchev–Trinajstić information content (AvgIpc) is 3.32. The van der Waals surface area contributed by atoms with Crippen LogP contribution >= 0.6 is 0 Å². The number of ether oxygens (including phenoxy) is 2. The molecule has 3 heterocycles. The Morgan fingerprint density at radius 3 is 2.63 bits per heavy atom. The quantitative estimate of drug-likeness (QED) is 0.599. The number of furan rings is 1. The molecule has 0 bridgehead atoms. The van der Waals surface area contributed by atoms with Gasteiger partial charge in [-0.2, -0.15) is 0 Å². The van der Waals surface area contributed by atoms with Crippen molar-refractivity contribution in [3.63, 3.8) is 0 Å². The Morgan fingerprint density at radius 1 is 1.19 bits per heavy atom. The van der Waals surface area contributed by atoms with E-state index in [9.17, 15) is 19.2 Å². The molecule has 1 saturated heterocycles. The van der Waals surface area contributed by atoms with Gasteiger partial charge in [0.2, 0.25) is 6.10 Å². The summed E-state index contributed by atoms with van der Waals surface area (Å²) in [6.07, 6.45) is 0.457. The van der Waals surface area contributed by atoms with Crippen LogP contribution in [0.5, 0.6) is 0 Å². The molecule has 8 heteroatoms. The zero-order valence-corrected chi connectivity index (χ0v) is 14.3. The van der Waals surface area contributed by atoms with Crippen LogP contribution < -0.4 is 0 Å². The van der Waals surface area contributed by atoms with Gasteiger partial charge in [-0.3, -0.25) is 14.5 Å². The minimum absolute atomic E-state index is 0.00489. The molecule has 0 saturated carbocycles. The molecule has 0 aliphatic carbocycles. The Labute approximate surface area is 153 Å². The maximum absolute atomic E-state index is 12.6. The van der Waals surface area contributed by atoms with Crippen molar-refractivity contribution in [3.8, 4) is 0 Å². The summed E-state index contributed by atoms with van der Waals surface area (Å²) in [7, 11) is 0. The highest BCUT2D eigenvalue weighted by atomic mass is 16.6. The molecule has 0 unspecified atom stereocenters. The van der Waals surface area contributed by atoms with Crippen LogP contribution in [-0.4, -0.2) is 40.9 Å². The second kappa shape index (κ2) is 6.39. The van der Waals surface area contributed by atoms with Gasteiger partial charge in [0.15, 0.2) is 0 Å². The number of hydrogen-bond donors (Lipinski definition) is 0. The van der Waals surface area contributed by atoms with Crippen LogP contribution in [0.1, 0.15) is 50.2 Å². The summed E-state index contributed by atoms with van der Waals surface area (Å²) in [6.45, 7) is 1.71. The molecule has 0 spiro atoms. The van der Waals surface area contributed by atoms with Gasteiger partial charge < -0.3 is 13.9 Å². The molecule has 2 amide bonds. The number of imide groups is 1. The van der Waals surface area contributed by atoms with E-state index < -0.39 is 29.9 Å². The Hall–Kier alpha value is -3.42. The van der Waals surface area contributed by atoms with E-state index in [0.717, 1.165) is 4.90 Å².